The molecule has 0 aromatic carbocycles. The first kappa shape index (κ1) is 18.9. The van der Waals surface area contributed by atoms with Crippen LogP contribution in [0.15, 0.2) is 4.99 Å². The first-order chi connectivity index (χ1) is 12.1. The van der Waals surface area contributed by atoms with E-state index in [-0.39, 0.29) is 5.54 Å². The van der Waals surface area contributed by atoms with E-state index in [4.69, 9.17) is 4.74 Å². The zero-order chi connectivity index (χ0) is 17.7. The summed E-state index contributed by atoms with van der Waals surface area (Å²) in [6.45, 7) is 7.13. The Labute approximate surface area is 153 Å². The molecular weight excluding hydrogens is 314 g/mol. The molecule has 2 heterocycles. The van der Waals surface area contributed by atoms with Crippen LogP contribution < -0.4 is 5.32 Å². The van der Waals surface area contributed by atoms with Crippen molar-refractivity contribution < 1.29 is 4.74 Å². The van der Waals surface area contributed by atoms with Gasteiger partial charge in [0.15, 0.2) is 5.96 Å². The molecule has 1 N–H and O–H groups in total. The van der Waals surface area contributed by atoms with Crippen molar-refractivity contribution in [2.24, 2.45) is 4.99 Å². The molecule has 144 valence electrons. The molecule has 3 aliphatic rings. The zero-order valence-electron chi connectivity index (χ0n) is 16.5. The minimum Gasteiger partial charge on any atom is -0.379 e. The summed E-state index contributed by atoms with van der Waals surface area (Å²) >= 11 is 0. The number of nitrogens with zero attached hydrogens (tertiary/aromatic N) is 4. The standard InChI is InChI=1S/C19H37N5O/c1-20-18(21-16-19(22(2)3)8-5-4-6-9-19)24-10-7-17(15-24)23-11-13-25-14-12-23/h17H,4-16H2,1-3H3,(H,20,21). The lowest BCUT2D eigenvalue weighted by molar-refractivity contribution is 0.0194. The van der Waals surface area contributed by atoms with E-state index in [2.05, 4.69) is 39.1 Å². The summed E-state index contributed by atoms with van der Waals surface area (Å²) in [6.07, 6.45) is 7.90. The average Bonchev–Trinajstić information content (AvgIpc) is 3.14. The van der Waals surface area contributed by atoms with Crippen LogP contribution in [0.25, 0.3) is 0 Å². The maximum absolute atomic E-state index is 5.50. The third-order valence-electron chi connectivity index (χ3n) is 6.55. The fraction of sp³-hybridized carbons (Fsp3) is 0.947. The molecule has 6 nitrogen and oxygen atoms in total. The number of hydrogen-bond donors (Lipinski definition) is 1. The van der Waals surface area contributed by atoms with Crippen LogP contribution in [0.4, 0.5) is 0 Å². The van der Waals surface area contributed by atoms with Crippen LogP contribution in [0.2, 0.25) is 0 Å². The summed E-state index contributed by atoms with van der Waals surface area (Å²) in [5.41, 5.74) is 0.289. The first-order valence-corrected chi connectivity index (χ1v) is 10.1. The van der Waals surface area contributed by atoms with Crippen molar-refractivity contribution in [3.63, 3.8) is 0 Å². The van der Waals surface area contributed by atoms with Crippen molar-refractivity contribution >= 4 is 5.96 Å². The molecule has 0 aromatic heterocycles. The Morgan fingerprint density at radius 2 is 1.88 bits per heavy atom. The van der Waals surface area contributed by atoms with Gasteiger partial charge in [-0.15, -0.1) is 0 Å². The van der Waals surface area contributed by atoms with Crippen molar-refractivity contribution in [2.45, 2.75) is 50.1 Å². The average molecular weight is 352 g/mol. The molecule has 6 heteroatoms. The predicted octanol–water partition coefficient (Wildman–Crippen LogP) is 1.23. The molecule has 1 unspecified atom stereocenters. The van der Waals surface area contributed by atoms with Crippen LogP contribution in [0, 0.1) is 0 Å². The van der Waals surface area contributed by atoms with Crippen molar-refractivity contribution in [2.75, 3.05) is 67.1 Å². The maximum atomic E-state index is 5.50. The van der Waals surface area contributed by atoms with E-state index < -0.39 is 0 Å². The highest BCUT2D eigenvalue weighted by molar-refractivity contribution is 5.80. The van der Waals surface area contributed by atoms with E-state index in [0.29, 0.717) is 6.04 Å². The van der Waals surface area contributed by atoms with Gasteiger partial charge in [0.1, 0.15) is 0 Å². The molecule has 1 aliphatic carbocycles. The number of likely N-dealkylation sites (tertiary alicyclic amines) is 1. The van der Waals surface area contributed by atoms with Gasteiger partial charge in [0.05, 0.1) is 13.2 Å². The number of hydrogen-bond acceptors (Lipinski definition) is 4. The van der Waals surface area contributed by atoms with E-state index in [1.807, 2.05) is 7.05 Å². The number of rotatable bonds is 4. The summed E-state index contributed by atoms with van der Waals surface area (Å²) < 4.78 is 5.50. The van der Waals surface area contributed by atoms with Gasteiger partial charge in [0.2, 0.25) is 0 Å². The van der Waals surface area contributed by atoms with E-state index in [0.717, 1.165) is 51.9 Å². The first-order valence-electron chi connectivity index (χ1n) is 10.1. The highest BCUT2D eigenvalue weighted by Gasteiger charge is 2.35. The Morgan fingerprint density at radius 1 is 1.16 bits per heavy atom. The Hall–Kier alpha value is -0.850. The lowest BCUT2D eigenvalue weighted by atomic mass is 9.80. The van der Waals surface area contributed by atoms with Gasteiger partial charge in [-0.25, -0.2) is 0 Å². The normalized spacial score (nSPS) is 28.6. The summed E-state index contributed by atoms with van der Waals surface area (Å²) in [5.74, 6) is 1.09. The molecule has 3 rings (SSSR count). The van der Waals surface area contributed by atoms with Gasteiger partial charge >= 0.3 is 0 Å². The third kappa shape index (κ3) is 4.47. The molecule has 0 spiro atoms. The van der Waals surface area contributed by atoms with E-state index >= 15 is 0 Å². The molecule has 3 fully saturated rings. The number of likely N-dealkylation sites (N-methyl/N-ethyl adjacent to an activating group) is 1. The molecule has 25 heavy (non-hydrogen) atoms. The molecule has 0 amide bonds. The smallest absolute Gasteiger partial charge is 0.193 e. The van der Waals surface area contributed by atoms with Gasteiger partial charge in [0, 0.05) is 51.4 Å². The van der Waals surface area contributed by atoms with Gasteiger partial charge in [-0.05, 0) is 33.4 Å². The van der Waals surface area contributed by atoms with E-state index in [1.165, 1.54) is 38.5 Å². The topological polar surface area (TPSA) is 43.3 Å². The van der Waals surface area contributed by atoms with Gasteiger partial charge in [-0.3, -0.25) is 9.89 Å². The Kier molecular flexibility index (Phi) is 6.58. The summed E-state index contributed by atoms with van der Waals surface area (Å²) in [6, 6.07) is 0.653. The molecule has 1 saturated carbocycles. The zero-order valence-corrected chi connectivity index (χ0v) is 16.5. The molecule has 0 bridgehead atoms. The Morgan fingerprint density at radius 3 is 2.52 bits per heavy atom. The van der Waals surface area contributed by atoms with E-state index in [1.54, 1.807) is 0 Å². The molecular formula is C19H37N5O. The minimum absolute atomic E-state index is 0.289. The van der Waals surface area contributed by atoms with Crippen LogP contribution in [0.5, 0.6) is 0 Å². The molecule has 2 saturated heterocycles. The van der Waals surface area contributed by atoms with Gasteiger partial charge in [-0.1, -0.05) is 19.3 Å². The number of aliphatic imine (C=N–C) groups is 1. The minimum atomic E-state index is 0.289. The number of ether oxygens (including phenoxy) is 1. The highest BCUT2D eigenvalue weighted by atomic mass is 16.5. The van der Waals surface area contributed by atoms with Crippen molar-refractivity contribution in [3.05, 3.63) is 0 Å². The maximum Gasteiger partial charge on any atom is 0.193 e. The molecule has 2 aliphatic heterocycles. The Bertz CT molecular complexity index is 441. The monoisotopic (exact) mass is 351 g/mol. The number of morpholine rings is 1. The summed E-state index contributed by atoms with van der Waals surface area (Å²) in [7, 11) is 6.40. The largest absolute Gasteiger partial charge is 0.379 e. The van der Waals surface area contributed by atoms with Crippen LogP contribution in [-0.2, 0) is 4.74 Å². The number of guanidine groups is 1. The van der Waals surface area contributed by atoms with Gasteiger partial charge < -0.3 is 19.9 Å². The molecule has 0 radical (unpaired) electrons. The molecule has 0 aromatic rings. The van der Waals surface area contributed by atoms with E-state index in [9.17, 15) is 0 Å². The molecule has 1 atom stereocenters. The summed E-state index contributed by atoms with van der Waals surface area (Å²) in [5, 5.41) is 3.72. The van der Waals surface area contributed by atoms with Crippen LogP contribution in [-0.4, -0.2) is 99.3 Å². The second-order valence-corrected chi connectivity index (χ2v) is 8.12. The second kappa shape index (κ2) is 8.69. The predicted molar refractivity (Wildman–Crippen MR) is 103 cm³/mol. The van der Waals surface area contributed by atoms with Crippen LogP contribution in [0.3, 0.4) is 0 Å². The third-order valence-corrected chi connectivity index (χ3v) is 6.55. The lowest BCUT2D eigenvalue weighted by Gasteiger charge is -2.43. The Balaban J connectivity index is 1.54. The lowest BCUT2D eigenvalue weighted by Crippen LogP contribution is -2.56. The van der Waals surface area contributed by atoms with Gasteiger partial charge in [0.25, 0.3) is 0 Å². The second-order valence-electron chi connectivity index (χ2n) is 8.12. The van der Waals surface area contributed by atoms with Crippen LogP contribution in [0.1, 0.15) is 38.5 Å². The highest BCUT2D eigenvalue weighted by Crippen LogP contribution is 2.31. The number of nitrogens with one attached hydrogen (secondary N) is 1. The SMILES string of the molecule is CN=C(NCC1(N(C)C)CCCCC1)N1CCC(N2CCOCC2)C1. The van der Waals surface area contributed by atoms with Crippen molar-refractivity contribution in [1.82, 2.24) is 20.0 Å². The van der Waals surface area contributed by atoms with Gasteiger partial charge in [-0.2, -0.15) is 0 Å². The van der Waals surface area contributed by atoms with Crippen molar-refractivity contribution in [3.8, 4) is 0 Å². The quantitative estimate of drug-likeness (QED) is 0.610. The fourth-order valence-corrected chi connectivity index (χ4v) is 4.74. The van der Waals surface area contributed by atoms with Crippen molar-refractivity contribution in [1.29, 1.82) is 0 Å². The summed E-state index contributed by atoms with van der Waals surface area (Å²) in [4.78, 5) is 12.1. The fourth-order valence-electron chi connectivity index (χ4n) is 4.74. The van der Waals surface area contributed by atoms with Crippen LogP contribution >= 0.6 is 0 Å².